The summed E-state index contributed by atoms with van der Waals surface area (Å²) in [5.74, 6) is 0. The van der Waals surface area contributed by atoms with Gasteiger partial charge in [-0.2, -0.15) is 5.10 Å². The van der Waals surface area contributed by atoms with Gasteiger partial charge in [0.15, 0.2) is 0 Å². The topological polar surface area (TPSA) is 43.8 Å². The van der Waals surface area contributed by atoms with Crippen molar-refractivity contribution in [2.75, 3.05) is 0 Å². The zero-order chi connectivity index (χ0) is 13.1. The van der Waals surface area contributed by atoms with Crippen molar-refractivity contribution in [3.05, 3.63) is 52.8 Å². The van der Waals surface area contributed by atoms with Crippen molar-refractivity contribution < 1.29 is 0 Å². The highest BCUT2D eigenvalue weighted by Gasteiger charge is 2.10. The van der Waals surface area contributed by atoms with Crippen LogP contribution >= 0.6 is 11.6 Å². The summed E-state index contributed by atoms with van der Waals surface area (Å²) in [7, 11) is 0. The van der Waals surface area contributed by atoms with Crippen LogP contribution in [-0.2, 0) is 6.42 Å². The normalized spacial score (nSPS) is 12.9. The van der Waals surface area contributed by atoms with Gasteiger partial charge in [0.2, 0.25) is 0 Å². The van der Waals surface area contributed by atoms with Crippen molar-refractivity contribution >= 4 is 11.6 Å². The van der Waals surface area contributed by atoms with Gasteiger partial charge >= 0.3 is 0 Å². The first kappa shape index (κ1) is 13.1. The third-order valence-corrected chi connectivity index (χ3v) is 3.17. The third-order valence-electron chi connectivity index (χ3n) is 2.92. The van der Waals surface area contributed by atoms with Gasteiger partial charge in [0.1, 0.15) is 0 Å². The molecular formula is C14H18ClN3. The highest BCUT2D eigenvalue weighted by molar-refractivity contribution is 6.30. The molecule has 0 spiro atoms. The molecule has 0 amide bonds. The van der Waals surface area contributed by atoms with E-state index in [-0.39, 0.29) is 6.04 Å². The second-order valence-electron chi connectivity index (χ2n) is 4.74. The molecule has 0 saturated carbocycles. The molecule has 4 heteroatoms. The zero-order valence-corrected chi connectivity index (χ0v) is 11.4. The van der Waals surface area contributed by atoms with Crippen molar-refractivity contribution in [2.45, 2.75) is 32.4 Å². The van der Waals surface area contributed by atoms with Crippen LogP contribution in [0.1, 0.15) is 37.2 Å². The third kappa shape index (κ3) is 3.12. The zero-order valence-electron chi connectivity index (χ0n) is 10.7. The number of aromatic nitrogens is 2. The first-order valence-corrected chi connectivity index (χ1v) is 6.49. The molecule has 0 saturated heterocycles. The fraction of sp³-hybridized carbons (Fsp3) is 0.357. The fourth-order valence-corrected chi connectivity index (χ4v) is 1.95. The van der Waals surface area contributed by atoms with Gasteiger partial charge in [0.25, 0.3) is 0 Å². The molecule has 0 aliphatic heterocycles. The Kier molecular flexibility index (Phi) is 4.04. The average molecular weight is 264 g/mol. The monoisotopic (exact) mass is 263 g/mol. The summed E-state index contributed by atoms with van der Waals surface area (Å²) in [4.78, 5) is 0. The van der Waals surface area contributed by atoms with E-state index >= 15 is 0 Å². The Morgan fingerprint density at radius 1 is 1.22 bits per heavy atom. The minimum atomic E-state index is -0.0437. The van der Waals surface area contributed by atoms with Crippen molar-refractivity contribution in [2.24, 2.45) is 5.73 Å². The Bertz CT molecular complexity index is 502. The number of hydrogen-bond acceptors (Lipinski definition) is 2. The molecular weight excluding hydrogens is 246 g/mol. The number of nitrogens with zero attached hydrogens (tertiary/aromatic N) is 2. The van der Waals surface area contributed by atoms with Crippen LogP contribution in [0.5, 0.6) is 0 Å². The number of hydrogen-bond donors (Lipinski definition) is 1. The molecule has 0 fully saturated rings. The number of benzene rings is 1. The molecule has 96 valence electrons. The van der Waals surface area contributed by atoms with Gasteiger partial charge in [-0.15, -0.1) is 0 Å². The van der Waals surface area contributed by atoms with E-state index in [2.05, 4.69) is 18.9 Å². The Labute approximate surface area is 113 Å². The summed E-state index contributed by atoms with van der Waals surface area (Å²) >= 11 is 5.86. The molecule has 18 heavy (non-hydrogen) atoms. The SMILES string of the molecule is CC(C)n1ccc(CC(N)c2ccc(Cl)cc2)n1. The summed E-state index contributed by atoms with van der Waals surface area (Å²) in [5.41, 5.74) is 8.27. The Morgan fingerprint density at radius 2 is 1.89 bits per heavy atom. The molecule has 0 bridgehead atoms. The van der Waals surface area contributed by atoms with Crippen molar-refractivity contribution in [3.8, 4) is 0 Å². The Hall–Kier alpha value is -1.32. The van der Waals surface area contributed by atoms with E-state index in [1.807, 2.05) is 41.2 Å². The second-order valence-corrected chi connectivity index (χ2v) is 5.18. The lowest BCUT2D eigenvalue weighted by atomic mass is 10.0. The minimum absolute atomic E-state index is 0.0437. The lowest BCUT2D eigenvalue weighted by Gasteiger charge is -2.10. The van der Waals surface area contributed by atoms with Crippen molar-refractivity contribution in [1.82, 2.24) is 9.78 Å². The molecule has 1 aromatic heterocycles. The molecule has 1 atom stereocenters. The summed E-state index contributed by atoms with van der Waals surface area (Å²) in [6.45, 7) is 4.21. The van der Waals surface area contributed by atoms with Gasteiger partial charge < -0.3 is 5.73 Å². The quantitative estimate of drug-likeness (QED) is 0.919. The van der Waals surface area contributed by atoms with Crippen molar-refractivity contribution in [1.29, 1.82) is 0 Å². The Morgan fingerprint density at radius 3 is 2.44 bits per heavy atom. The van der Waals surface area contributed by atoms with Gasteiger partial charge in [0.05, 0.1) is 5.69 Å². The van der Waals surface area contributed by atoms with Gasteiger partial charge in [0, 0.05) is 29.7 Å². The lowest BCUT2D eigenvalue weighted by Crippen LogP contribution is -2.14. The van der Waals surface area contributed by atoms with E-state index in [0.29, 0.717) is 6.04 Å². The van der Waals surface area contributed by atoms with E-state index in [9.17, 15) is 0 Å². The van der Waals surface area contributed by atoms with Crippen LogP contribution in [0.4, 0.5) is 0 Å². The molecule has 0 radical (unpaired) electrons. The predicted octanol–water partition coefficient (Wildman–Crippen LogP) is 3.36. The molecule has 2 aromatic rings. The molecule has 0 aliphatic carbocycles. The minimum Gasteiger partial charge on any atom is -0.324 e. The number of nitrogens with two attached hydrogens (primary N) is 1. The van der Waals surface area contributed by atoms with Crippen LogP contribution in [0.25, 0.3) is 0 Å². The fourth-order valence-electron chi connectivity index (χ4n) is 1.83. The van der Waals surface area contributed by atoms with E-state index in [1.165, 1.54) is 0 Å². The molecule has 2 N–H and O–H groups in total. The number of rotatable bonds is 4. The lowest BCUT2D eigenvalue weighted by molar-refractivity contribution is 0.522. The van der Waals surface area contributed by atoms with Crippen LogP contribution in [-0.4, -0.2) is 9.78 Å². The smallest absolute Gasteiger partial charge is 0.0643 e. The van der Waals surface area contributed by atoms with E-state index in [0.717, 1.165) is 22.7 Å². The summed E-state index contributed by atoms with van der Waals surface area (Å²) in [6, 6.07) is 10.0. The van der Waals surface area contributed by atoms with Crippen LogP contribution in [0.2, 0.25) is 5.02 Å². The van der Waals surface area contributed by atoms with Gasteiger partial charge in [-0.3, -0.25) is 4.68 Å². The first-order chi connectivity index (χ1) is 8.56. The van der Waals surface area contributed by atoms with E-state index in [4.69, 9.17) is 17.3 Å². The number of halogens is 1. The summed E-state index contributed by atoms with van der Waals surface area (Å²) in [6.07, 6.45) is 2.73. The Balaban J connectivity index is 2.06. The largest absolute Gasteiger partial charge is 0.324 e. The first-order valence-electron chi connectivity index (χ1n) is 6.11. The van der Waals surface area contributed by atoms with Gasteiger partial charge in [-0.25, -0.2) is 0 Å². The van der Waals surface area contributed by atoms with Crippen LogP contribution < -0.4 is 5.73 Å². The molecule has 1 aromatic carbocycles. The molecule has 3 nitrogen and oxygen atoms in total. The summed E-state index contributed by atoms with van der Waals surface area (Å²) in [5, 5.41) is 5.23. The maximum Gasteiger partial charge on any atom is 0.0643 e. The highest BCUT2D eigenvalue weighted by atomic mass is 35.5. The molecule has 0 aliphatic rings. The summed E-state index contributed by atoms with van der Waals surface area (Å²) < 4.78 is 1.95. The highest BCUT2D eigenvalue weighted by Crippen LogP contribution is 2.18. The van der Waals surface area contributed by atoms with Crippen LogP contribution in [0.3, 0.4) is 0 Å². The molecule has 2 rings (SSSR count). The standard InChI is InChI=1S/C14H18ClN3/c1-10(2)18-8-7-13(17-18)9-14(16)11-3-5-12(15)6-4-11/h3-8,10,14H,9,16H2,1-2H3. The molecule has 1 heterocycles. The maximum absolute atomic E-state index is 6.17. The van der Waals surface area contributed by atoms with E-state index in [1.54, 1.807) is 0 Å². The van der Waals surface area contributed by atoms with Crippen LogP contribution in [0, 0.1) is 0 Å². The van der Waals surface area contributed by atoms with Gasteiger partial charge in [-0.1, -0.05) is 23.7 Å². The predicted molar refractivity (Wildman–Crippen MR) is 74.7 cm³/mol. The van der Waals surface area contributed by atoms with E-state index < -0.39 is 0 Å². The second kappa shape index (κ2) is 5.55. The average Bonchev–Trinajstić information content (AvgIpc) is 2.78. The van der Waals surface area contributed by atoms with Gasteiger partial charge in [-0.05, 0) is 37.6 Å². The van der Waals surface area contributed by atoms with Crippen molar-refractivity contribution in [3.63, 3.8) is 0 Å². The maximum atomic E-state index is 6.17. The molecule has 1 unspecified atom stereocenters. The van der Waals surface area contributed by atoms with Crippen LogP contribution in [0.15, 0.2) is 36.5 Å².